The molecule has 0 spiro atoms. The Morgan fingerprint density at radius 2 is 1.00 bits per heavy atom. The van der Waals surface area contributed by atoms with Crippen LogP contribution < -0.4 is 0 Å². The van der Waals surface area contributed by atoms with Gasteiger partial charge in [0, 0.05) is 59.8 Å². The van der Waals surface area contributed by atoms with Crippen LogP contribution in [0, 0.1) is 11.3 Å². The quantitative estimate of drug-likeness (QED) is 0.179. The molecule has 13 rings (SSSR count). The van der Waals surface area contributed by atoms with Crippen LogP contribution in [0.2, 0.25) is 0 Å². The van der Waals surface area contributed by atoms with E-state index < -0.39 is 0 Å². The van der Waals surface area contributed by atoms with E-state index in [0.29, 0.717) is 45.5 Å². The van der Waals surface area contributed by atoms with Gasteiger partial charge >= 0.3 is 0 Å². The second-order valence-corrected chi connectivity index (χ2v) is 15.1. The summed E-state index contributed by atoms with van der Waals surface area (Å²) in [7, 11) is 0. The minimum absolute atomic E-state index is 0.442. The van der Waals surface area contributed by atoms with E-state index in [-0.39, 0.29) is 0 Å². The van der Waals surface area contributed by atoms with E-state index in [1.807, 2.05) is 84.9 Å². The van der Waals surface area contributed by atoms with Crippen LogP contribution in [0.15, 0.2) is 174 Å². The lowest BCUT2D eigenvalue weighted by Crippen LogP contribution is -2.03. The molecule has 5 aromatic heterocycles. The number of rotatable bonds is 4. The first kappa shape index (κ1) is 31.8. The number of fused-ring (bicyclic) bond motifs is 12. The van der Waals surface area contributed by atoms with Crippen LogP contribution in [0.5, 0.6) is 0 Å². The molecule has 0 saturated carbocycles. The molecule has 0 aliphatic heterocycles. The summed E-state index contributed by atoms with van der Waals surface area (Å²) in [5, 5.41) is 20.0. The fourth-order valence-corrected chi connectivity index (χ4v) is 9.43. The number of benzene rings is 8. The number of aromatic nitrogens is 5. The zero-order valence-electron chi connectivity index (χ0n) is 31.3. The van der Waals surface area contributed by atoms with Gasteiger partial charge in [0.1, 0.15) is 17.3 Å². The molecule has 7 heteroatoms. The third kappa shape index (κ3) is 4.37. The largest absolute Gasteiger partial charge is 0.454 e. The van der Waals surface area contributed by atoms with E-state index in [9.17, 15) is 5.26 Å². The van der Waals surface area contributed by atoms with Gasteiger partial charge < -0.3 is 13.4 Å². The summed E-state index contributed by atoms with van der Waals surface area (Å²) >= 11 is 0. The highest BCUT2D eigenvalue weighted by atomic mass is 16.3. The molecule has 0 amide bonds. The number of hydrogen-bond acceptors (Lipinski definition) is 5. The maximum absolute atomic E-state index is 11.2. The van der Waals surface area contributed by atoms with Crippen LogP contribution in [0.1, 0.15) is 5.56 Å². The summed E-state index contributed by atoms with van der Waals surface area (Å²) in [4.78, 5) is 15.2. The van der Waals surface area contributed by atoms with Crippen LogP contribution in [-0.4, -0.2) is 23.9 Å². The molecule has 0 aliphatic carbocycles. The van der Waals surface area contributed by atoms with Crippen molar-refractivity contribution < 1.29 is 4.42 Å². The third-order valence-corrected chi connectivity index (χ3v) is 11.9. The highest BCUT2D eigenvalue weighted by Crippen LogP contribution is 2.46. The highest BCUT2D eigenvalue weighted by molar-refractivity contribution is 6.26. The zero-order chi connectivity index (χ0) is 38.8. The number of hydrogen-bond donors (Lipinski definition) is 0. The lowest BCUT2D eigenvalue weighted by atomic mass is 10.00. The highest BCUT2D eigenvalue weighted by Gasteiger charge is 2.27. The van der Waals surface area contributed by atoms with Gasteiger partial charge in [-0.1, -0.05) is 133 Å². The molecule has 59 heavy (non-hydrogen) atoms. The number of nitriles is 1. The smallest absolute Gasteiger partial charge is 0.164 e. The molecule has 13 aromatic rings. The molecule has 0 fully saturated rings. The van der Waals surface area contributed by atoms with Gasteiger partial charge in [-0.05, 0) is 36.4 Å². The van der Waals surface area contributed by atoms with Crippen molar-refractivity contribution in [1.29, 1.82) is 5.26 Å². The molecular formula is C52H28N6O. The van der Waals surface area contributed by atoms with Gasteiger partial charge in [0.2, 0.25) is 0 Å². The van der Waals surface area contributed by atoms with Crippen molar-refractivity contribution in [2.75, 3.05) is 0 Å². The van der Waals surface area contributed by atoms with Crippen LogP contribution in [-0.2, 0) is 0 Å². The Morgan fingerprint density at radius 3 is 1.71 bits per heavy atom. The Bertz CT molecular complexity index is 3850. The fourth-order valence-electron chi connectivity index (χ4n) is 9.43. The van der Waals surface area contributed by atoms with Crippen molar-refractivity contribution in [1.82, 2.24) is 23.9 Å². The zero-order valence-corrected chi connectivity index (χ0v) is 31.3. The van der Waals surface area contributed by atoms with E-state index >= 15 is 0 Å². The topological polar surface area (TPSA) is 84.9 Å². The Hall–Kier alpha value is -8.34. The summed E-state index contributed by atoms with van der Waals surface area (Å²) in [6.07, 6.45) is 0. The Balaban J connectivity index is 1.16. The van der Waals surface area contributed by atoms with Gasteiger partial charge in [-0.2, -0.15) is 5.26 Å². The number of nitrogens with zero attached hydrogens (tertiary/aromatic N) is 6. The molecule has 0 N–H and O–H groups in total. The second-order valence-electron chi connectivity index (χ2n) is 15.1. The number of furan rings is 1. The van der Waals surface area contributed by atoms with Crippen LogP contribution in [0.25, 0.3) is 122 Å². The summed E-state index contributed by atoms with van der Waals surface area (Å²) < 4.78 is 11.6. The second kappa shape index (κ2) is 11.8. The molecule has 0 aliphatic rings. The molecule has 0 bridgehead atoms. The minimum atomic E-state index is 0.442. The van der Waals surface area contributed by atoms with Crippen molar-refractivity contribution >= 4 is 81.8 Å². The molecule has 5 heterocycles. The summed E-state index contributed by atoms with van der Waals surface area (Å²) in [6, 6.07) is 60.7. The van der Waals surface area contributed by atoms with E-state index in [1.54, 1.807) is 0 Å². The SMILES string of the molecule is N#Cc1cc(-c2nc(-c3ccccc3)nc(-c3ccccc3)n2)c2c(oc3ccccc32)c1-n1c2ccccc2c2cc3c(cc21)c1cccc2c4ccccc4n3c21. The van der Waals surface area contributed by atoms with Crippen molar-refractivity contribution in [2.24, 2.45) is 0 Å². The van der Waals surface area contributed by atoms with Crippen LogP contribution in [0.4, 0.5) is 0 Å². The molecular weight excluding hydrogens is 725 g/mol. The first-order valence-electron chi connectivity index (χ1n) is 19.6. The molecule has 7 nitrogen and oxygen atoms in total. The van der Waals surface area contributed by atoms with Gasteiger partial charge in [-0.15, -0.1) is 0 Å². The molecule has 0 radical (unpaired) electrons. The van der Waals surface area contributed by atoms with Crippen molar-refractivity contribution in [3.8, 4) is 45.9 Å². The average molecular weight is 753 g/mol. The van der Waals surface area contributed by atoms with E-state index in [0.717, 1.165) is 54.6 Å². The van der Waals surface area contributed by atoms with Crippen molar-refractivity contribution in [2.45, 2.75) is 0 Å². The van der Waals surface area contributed by atoms with Crippen molar-refractivity contribution in [3.63, 3.8) is 0 Å². The summed E-state index contributed by atoms with van der Waals surface area (Å²) in [5.41, 5.74) is 10.4. The standard InChI is InChI=1S/C52H28N6O/c53-29-32-26-40(52-55-50(30-14-3-1-4-15-30)54-51(56-52)31-16-5-2-6-17-31)46-37-20-9-12-25-45(37)59-49(46)47(32)57-42-24-11-8-19-34(42)38-27-44-39(28-43(38)57)36-22-13-21-35-33-18-7-10-23-41(33)58(44)48(35)36/h1-28H. The molecule has 0 saturated heterocycles. The average Bonchev–Trinajstić information content (AvgIpc) is 4.04. The maximum Gasteiger partial charge on any atom is 0.164 e. The van der Waals surface area contributed by atoms with Gasteiger partial charge in [-0.3, -0.25) is 0 Å². The fraction of sp³-hybridized carbons (Fsp3) is 0. The van der Waals surface area contributed by atoms with E-state index in [2.05, 4.69) is 100.0 Å². The molecule has 0 unspecified atom stereocenters. The van der Waals surface area contributed by atoms with E-state index in [1.165, 1.54) is 27.2 Å². The molecule has 8 aromatic carbocycles. The summed E-state index contributed by atoms with van der Waals surface area (Å²) in [5.74, 6) is 1.55. The Kier molecular flexibility index (Phi) is 6.38. The normalized spacial score (nSPS) is 12.1. The minimum Gasteiger partial charge on any atom is -0.454 e. The van der Waals surface area contributed by atoms with Crippen LogP contribution in [0.3, 0.4) is 0 Å². The Labute approximate surface area is 335 Å². The van der Waals surface area contributed by atoms with E-state index in [4.69, 9.17) is 19.4 Å². The summed E-state index contributed by atoms with van der Waals surface area (Å²) in [6.45, 7) is 0. The predicted molar refractivity (Wildman–Crippen MR) is 237 cm³/mol. The van der Waals surface area contributed by atoms with Gasteiger partial charge in [0.05, 0.1) is 33.1 Å². The first-order chi connectivity index (χ1) is 29.2. The molecule has 272 valence electrons. The van der Waals surface area contributed by atoms with Gasteiger partial charge in [0.25, 0.3) is 0 Å². The maximum atomic E-state index is 11.2. The lowest BCUT2D eigenvalue weighted by molar-refractivity contribution is 0.666. The molecule has 0 atom stereocenters. The monoisotopic (exact) mass is 752 g/mol. The first-order valence-corrected chi connectivity index (χ1v) is 19.6. The van der Waals surface area contributed by atoms with Gasteiger partial charge in [-0.25, -0.2) is 15.0 Å². The Morgan fingerprint density at radius 1 is 0.458 bits per heavy atom. The third-order valence-electron chi connectivity index (χ3n) is 11.9. The van der Waals surface area contributed by atoms with Crippen molar-refractivity contribution in [3.05, 3.63) is 175 Å². The number of para-hydroxylation sites is 4. The lowest BCUT2D eigenvalue weighted by Gasteiger charge is -2.14. The predicted octanol–water partition coefficient (Wildman–Crippen LogP) is 12.9. The van der Waals surface area contributed by atoms with Crippen LogP contribution >= 0.6 is 0 Å². The van der Waals surface area contributed by atoms with Gasteiger partial charge in [0.15, 0.2) is 23.1 Å².